The second kappa shape index (κ2) is 9.45. The number of ether oxygens (including phenoxy) is 2. The van der Waals surface area contributed by atoms with Gasteiger partial charge in [0.1, 0.15) is 6.61 Å². The average Bonchev–Trinajstić information content (AvgIpc) is 2.70. The van der Waals surface area contributed by atoms with Crippen LogP contribution in [0.1, 0.15) is 66.5 Å². The van der Waals surface area contributed by atoms with Crippen molar-refractivity contribution in [2.24, 2.45) is 0 Å². The van der Waals surface area contributed by atoms with E-state index in [9.17, 15) is 9.59 Å². The highest BCUT2D eigenvalue weighted by atomic mass is 28.2. The standard InChI is InChI=1S/C23H31NO5Si/c1-22(2,3)30-29-23(4,5)16-12-17(20(25)27-6)19(24)18(13-16)21(26)28-14-15-10-8-7-9-11-15/h7-13H,14,24,30H2,1-6H3. The highest BCUT2D eigenvalue weighted by Gasteiger charge is 2.29. The van der Waals surface area contributed by atoms with Gasteiger partial charge in [0.2, 0.25) is 0 Å². The van der Waals surface area contributed by atoms with Crippen LogP contribution < -0.4 is 5.73 Å². The molecule has 0 spiro atoms. The Balaban J connectivity index is 2.39. The van der Waals surface area contributed by atoms with Gasteiger partial charge in [0.25, 0.3) is 0 Å². The fourth-order valence-electron chi connectivity index (χ4n) is 2.73. The monoisotopic (exact) mass is 429 g/mol. The molecule has 7 heteroatoms. The summed E-state index contributed by atoms with van der Waals surface area (Å²) in [5.74, 6) is -1.22. The molecule has 0 atom stereocenters. The molecule has 0 amide bonds. The van der Waals surface area contributed by atoms with E-state index in [2.05, 4.69) is 20.8 Å². The molecule has 0 fully saturated rings. The van der Waals surface area contributed by atoms with Crippen LogP contribution in [0.5, 0.6) is 0 Å². The zero-order valence-electron chi connectivity index (χ0n) is 18.6. The van der Waals surface area contributed by atoms with E-state index in [1.165, 1.54) is 7.11 Å². The summed E-state index contributed by atoms with van der Waals surface area (Å²) >= 11 is 0. The highest BCUT2D eigenvalue weighted by molar-refractivity contribution is 6.31. The van der Waals surface area contributed by atoms with Crippen LogP contribution in [-0.2, 0) is 26.1 Å². The van der Waals surface area contributed by atoms with Crippen LogP contribution in [0.2, 0.25) is 5.04 Å². The molecule has 162 valence electrons. The van der Waals surface area contributed by atoms with Gasteiger partial charge in [0.15, 0.2) is 9.76 Å². The molecule has 2 N–H and O–H groups in total. The number of methoxy groups -OCH3 is 1. The Morgan fingerprint density at radius 2 is 1.53 bits per heavy atom. The van der Waals surface area contributed by atoms with Crippen LogP contribution in [-0.4, -0.2) is 28.8 Å². The van der Waals surface area contributed by atoms with Gasteiger partial charge < -0.3 is 19.6 Å². The summed E-state index contributed by atoms with van der Waals surface area (Å²) in [6.45, 7) is 10.3. The van der Waals surface area contributed by atoms with Crippen molar-refractivity contribution in [3.63, 3.8) is 0 Å². The largest absolute Gasteiger partial charge is 0.465 e. The maximum atomic E-state index is 12.8. The topological polar surface area (TPSA) is 87.8 Å². The molecule has 0 saturated heterocycles. The third kappa shape index (κ3) is 6.18. The van der Waals surface area contributed by atoms with Crippen LogP contribution in [0.4, 0.5) is 5.69 Å². The van der Waals surface area contributed by atoms with Gasteiger partial charge in [-0.25, -0.2) is 9.59 Å². The van der Waals surface area contributed by atoms with E-state index in [4.69, 9.17) is 19.6 Å². The Labute approximate surface area is 180 Å². The Kier molecular flexibility index (Phi) is 7.44. The number of anilines is 1. The van der Waals surface area contributed by atoms with Crippen molar-refractivity contribution in [3.8, 4) is 0 Å². The van der Waals surface area contributed by atoms with Crippen LogP contribution >= 0.6 is 0 Å². The molecule has 2 aromatic rings. The fourth-order valence-corrected chi connectivity index (χ4v) is 3.69. The number of benzene rings is 2. The second-order valence-electron chi connectivity index (χ2n) is 8.90. The summed E-state index contributed by atoms with van der Waals surface area (Å²) in [4.78, 5) is 25.1. The van der Waals surface area contributed by atoms with Crippen molar-refractivity contribution in [1.29, 1.82) is 0 Å². The fraction of sp³-hybridized carbons (Fsp3) is 0.391. The van der Waals surface area contributed by atoms with Gasteiger partial charge in [-0.2, -0.15) is 0 Å². The maximum Gasteiger partial charge on any atom is 0.340 e. The number of esters is 2. The van der Waals surface area contributed by atoms with E-state index in [-0.39, 0.29) is 28.5 Å². The first kappa shape index (κ1) is 23.6. The molecule has 0 aliphatic heterocycles. The van der Waals surface area contributed by atoms with Crippen molar-refractivity contribution >= 4 is 27.4 Å². The van der Waals surface area contributed by atoms with Gasteiger partial charge in [-0.05, 0) is 42.1 Å². The second-order valence-corrected chi connectivity index (χ2v) is 11.6. The van der Waals surface area contributed by atoms with Gasteiger partial charge in [-0.1, -0.05) is 51.1 Å². The number of nitrogens with two attached hydrogens (primary N) is 1. The summed E-state index contributed by atoms with van der Waals surface area (Å²) in [5, 5.41) is 0.0910. The minimum atomic E-state index is -0.885. The molecule has 0 heterocycles. The lowest BCUT2D eigenvalue weighted by molar-refractivity contribution is 0.0473. The Bertz CT molecular complexity index is 904. The van der Waals surface area contributed by atoms with Crippen LogP contribution in [0.15, 0.2) is 42.5 Å². The van der Waals surface area contributed by atoms with E-state index < -0.39 is 27.3 Å². The third-order valence-corrected chi connectivity index (χ3v) is 6.31. The van der Waals surface area contributed by atoms with Gasteiger partial charge >= 0.3 is 11.9 Å². The van der Waals surface area contributed by atoms with Gasteiger partial charge in [-0.3, -0.25) is 0 Å². The molecular weight excluding hydrogens is 398 g/mol. The van der Waals surface area contributed by atoms with E-state index >= 15 is 0 Å². The normalized spacial score (nSPS) is 12.2. The molecule has 0 saturated carbocycles. The zero-order chi connectivity index (χ0) is 22.5. The van der Waals surface area contributed by atoms with Gasteiger partial charge in [0, 0.05) is 0 Å². The van der Waals surface area contributed by atoms with Crippen molar-refractivity contribution < 1.29 is 23.5 Å². The minimum Gasteiger partial charge on any atom is -0.465 e. The molecule has 2 aromatic carbocycles. The quantitative estimate of drug-likeness (QED) is 0.407. The van der Waals surface area contributed by atoms with Gasteiger partial charge in [0.05, 0.1) is 29.5 Å². The molecule has 30 heavy (non-hydrogen) atoms. The molecule has 0 radical (unpaired) electrons. The predicted octanol–water partition coefficient (Wildman–Crippen LogP) is 3.97. The lowest BCUT2D eigenvalue weighted by atomic mass is 9.92. The first-order valence-electron chi connectivity index (χ1n) is 9.82. The number of hydrogen-bond donors (Lipinski definition) is 1. The summed E-state index contributed by atoms with van der Waals surface area (Å²) < 4.78 is 16.5. The van der Waals surface area contributed by atoms with Crippen molar-refractivity contribution in [3.05, 3.63) is 64.7 Å². The molecule has 0 aliphatic rings. The van der Waals surface area contributed by atoms with Crippen molar-refractivity contribution in [2.75, 3.05) is 12.8 Å². The molecule has 6 nitrogen and oxygen atoms in total. The Hall–Kier alpha value is -2.64. The summed E-state index contributed by atoms with van der Waals surface area (Å²) in [7, 11) is 0.389. The number of nitrogen functional groups attached to an aromatic ring is 1. The number of carbonyl (C=O) groups is 2. The predicted molar refractivity (Wildman–Crippen MR) is 120 cm³/mol. The van der Waals surface area contributed by atoms with E-state index in [0.29, 0.717) is 5.56 Å². The SMILES string of the molecule is COC(=O)c1cc(C(C)(C)O[SiH2]C(C)(C)C)cc(C(=O)OCc2ccccc2)c1N. The third-order valence-electron chi connectivity index (χ3n) is 4.58. The summed E-state index contributed by atoms with van der Waals surface area (Å²) in [6.07, 6.45) is 0. The van der Waals surface area contributed by atoms with Crippen molar-refractivity contribution in [2.45, 2.75) is 51.9 Å². The highest BCUT2D eigenvalue weighted by Crippen LogP contribution is 2.33. The molecule has 0 aliphatic carbocycles. The lowest BCUT2D eigenvalue weighted by Crippen LogP contribution is -2.28. The van der Waals surface area contributed by atoms with Crippen LogP contribution in [0, 0.1) is 0 Å². The maximum absolute atomic E-state index is 12.8. The summed E-state index contributed by atoms with van der Waals surface area (Å²) in [6, 6.07) is 12.6. The van der Waals surface area contributed by atoms with E-state index in [1.54, 1.807) is 12.1 Å². The van der Waals surface area contributed by atoms with Gasteiger partial charge in [-0.15, -0.1) is 0 Å². The Morgan fingerprint density at radius 3 is 2.07 bits per heavy atom. The molecule has 0 aromatic heterocycles. The number of carbonyl (C=O) groups excluding carboxylic acids is 2. The zero-order valence-corrected chi connectivity index (χ0v) is 20.0. The molecule has 0 bridgehead atoms. The molecular formula is C23H31NO5Si. The first-order valence-corrected chi connectivity index (χ1v) is 11.1. The summed E-state index contributed by atoms with van der Waals surface area (Å²) in [5.41, 5.74) is 7.25. The molecule has 0 unspecified atom stereocenters. The first-order chi connectivity index (χ1) is 13.9. The number of rotatable bonds is 7. The lowest BCUT2D eigenvalue weighted by Gasteiger charge is -2.31. The minimum absolute atomic E-state index is 0.0347. The van der Waals surface area contributed by atoms with E-state index in [0.717, 1.165) is 5.56 Å². The number of hydrogen-bond acceptors (Lipinski definition) is 6. The molecule has 2 rings (SSSR count). The average molecular weight is 430 g/mol. The van der Waals surface area contributed by atoms with Crippen LogP contribution in [0.25, 0.3) is 0 Å². The smallest absolute Gasteiger partial charge is 0.340 e. The van der Waals surface area contributed by atoms with Crippen LogP contribution in [0.3, 0.4) is 0 Å². The van der Waals surface area contributed by atoms with E-state index in [1.807, 2.05) is 44.2 Å². The Morgan fingerprint density at radius 1 is 0.967 bits per heavy atom. The van der Waals surface area contributed by atoms with Crippen molar-refractivity contribution in [1.82, 2.24) is 0 Å².